The summed E-state index contributed by atoms with van der Waals surface area (Å²) in [4.78, 5) is 12.6. The summed E-state index contributed by atoms with van der Waals surface area (Å²) in [6.45, 7) is 6.53. The van der Waals surface area contributed by atoms with Gasteiger partial charge in [-0.1, -0.05) is 37.3 Å². The number of hydrogen-bond acceptors (Lipinski definition) is 5. The molecular weight excluding hydrogens is 404 g/mol. The van der Waals surface area contributed by atoms with Crippen molar-refractivity contribution in [2.24, 2.45) is 5.10 Å². The summed E-state index contributed by atoms with van der Waals surface area (Å²) in [7, 11) is 0. The number of fused-ring (bicyclic) bond motifs is 3. The summed E-state index contributed by atoms with van der Waals surface area (Å²) in [5, 5.41) is 7.11. The second kappa shape index (κ2) is 9.56. The molecule has 1 heterocycles. The molecule has 1 atom stereocenters. The Morgan fingerprint density at radius 3 is 2.72 bits per heavy atom. The van der Waals surface area contributed by atoms with E-state index in [4.69, 9.17) is 13.9 Å². The van der Waals surface area contributed by atoms with Crippen molar-refractivity contribution in [1.82, 2.24) is 5.43 Å². The Balaban J connectivity index is 1.49. The van der Waals surface area contributed by atoms with Gasteiger partial charge in [0.1, 0.15) is 5.58 Å². The van der Waals surface area contributed by atoms with Gasteiger partial charge in [0.2, 0.25) is 0 Å². The summed E-state index contributed by atoms with van der Waals surface area (Å²) in [5.74, 6) is 1.13. The molecule has 4 rings (SSSR count). The van der Waals surface area contributed by atoms with Crippen LogP contribution in [0.5, 0.6) is 11.5 Å². The third-order valence-electron chi connectivity index (χ3n) is 5.20. The van der Waals surface area contributed by atoms with Crippen LogP contribution in [0.1, 0.15) is 43.3 Å². The maximum absolute atomic E-state index is 12.6. The third-order valence-corrected chi connectivity index (χ3v) is 5.20. The quantitative estimate of drug-likeness (QED) is 0.278. The summed E-state index contributed by atoms with van der Waals surface area (Å²) in [6.07, 6.45) is 2.55. The fourth-order valence-electron chi connectivity index (χ4n) is 3.40. The second-order valence-electron chi connectivity index (χ2n) is 7.48. The van der Waals surface area contributed by atoms with Crippen LogP contribution in [0.4, 0.5) is 0 Å². The zero-order chi connectivity index (χ0) is 22.5. The Morgan fingerprint density at radius 1 is 1.06 bits per heavy atom. The van der Waals surface area contributed by atoms with Crippen LogP contribution in [0.3, 0.4) is 0 Å². The second-order valence-corrected chi connectivity index (χ2v) is 7.48. The number of carbonyl (C=O) groups is 1. The van der Waals surface area contributed by atoms with Crippen LogP contribution in [0.25, 0.3) is 21.7 Å². The molecule has 0 aliphatic carbocycles. The van der Waals surface area contributed by atoms with Crippen molar-refractivity contribution in [1.29, 1.82) is 0 Å². The number of furan rings is 1. The molecule has 32 heavy (non-hydrogen) atoms. The molecular formula is C26H26N2O4. The van der Waals surface area contributed by atoms with E-state index in [1.807, 2.05) is 68.4 Å². The molecule has 0 fully saturated rings. The molecule has 6 nitrogen and oxygen atoms in total. The van der Waals surface area contributed by atoms with E-state index in [-0.39, 0.29) is 11.9 Å². The molecule has 0 saturated heterocycles. The molecule has 0 aliphatic rings. The van der Waals surface area contributed by atoms with Crippen molar-refractivity contribution >= 4 is 33.9 Å². The van der Waals surface area contributed by atoms with Crippen LogP contribution < -0.4 is 14.9 Å². The summed E-state index contributed by atoms with van der Waals surface area (Å²) < 4.78 is 17.3. The Kier molecular flexibility index (Phi) is 6.40. The predicted molar refractivity (Wildman–Crippen MR) is 127 cm³/mol. The first-order valence-corrected chi connectivity index (χ1v) is 10.8. The monoisotopic (exact) mass is 430 g/mol. The van der Waals surface area contributed by atoms with Crippen LogP contribution in [0, 0.1) is 0 Å². The largest absolute Gasteiger partial charge is 0.490 e. The van der Waals surface area contributed by atoms with Gasteiger partial charge < -0.3 is 13.9 Å². The highest BCUT2D eigenvalue weighted by Gasteiger charge is 2.14. The van der Waals surface area contributed by atoms with Crippen LogP contribution in [0.2, 0.25) is 0 Å². The molecule has 3 aromatic carbocycles. The molecule has 0 spiro atoms. The molecule has 0 saturated carbocycles. The zero-order valence-electron chi connectivity index (χ0n) is 18.4. The van der Waals surface area contributed by atoms with E-state index in [2.05, 4.69) is 17.5 Å². The topological polar surface area (TPSA) is 73.1 Å². The summed E-state index contributed by atoms with van der Waals surface area (Å²) in [6, 6.07) is 19.1. The highest BCUT2D eigenvalue weighted by atomic mass is 16.5. The minimum absolute atomic E-state index is 0.0916. The van der Waals surface area contributed by atoms with E-state index in [0.717, 1.165) is 28.1 Å². The molecule has 6 heteroatoms. The Hall–Kier alpha value is -3.80. The molecule has 1 N–H and O–H groups in total. The van der Waals surface area contributed by atoms with E-state index in [0.29, 0.717) is 23.7 Å². The zero-order valence-corrected chi connectivity index (χ0v) is 18.4. The van der Waals surface area contributed by atoms with E-state index in [1.54, 1.807) is 12.3 Å². The van der Waals surface area contributed by atoms with E-state index in [9.17, 15) is 4.79 Å². The molecule has 0 aliphatic heterocycles. The smallest absolute Gasteiger partial charge is 0.307 e. The van der Waals surface area contributed by atoms with Gasteiger partial charge in [-0.3, -0.25) is 4.79 Å². The average molecular weight is 431 g/mol. The lowest BCUT2D eigenvalue weighted by atomic mass is 10.1. The number of rotatable bonds is 8. The van der Waals surface area contributed by atoms with Crippen LogP contribution in [-0.2, 0) is 0 Å². The van der Waals surface area contributed by atoms with Crippen LogP contribution >= 0.6 is 0 Å². The van der Waals surface area contributed by atoms with Gasteiger partial charge in [0, 0.05) is 5.39 Å². The summed E-state index contributed by atoms with van der Waals surface area (Å²) in [5.41, 5.74) is 3.97. The van der Waals surface area contributed by atoms with E-state index >= 15 is 0 Å². The molecule has 164 valence electrons. The van der Waals surface area contributed by atoms with Gasteiger partial charge in [0.25, 0.3) is 0 Å². The fraction of sp³-hybridized carbons (Fsp3) is 0.231. The molecule has 0 radical (unpaired) electrons. The van der Waals surface area contributed by atoms with E-state index < -0.39 is 5.91 Å². The van der Waals surface area contributed by atoms with Crippen LogP contribution in [-0.4, -0.2) is 24.8 Å². The highest BCUT2D eigenvalue weighted by Crippen LogP contribution is 2.30. The van der Waals surface area contributed by atoms with Gasteiger partial charge >= 0.3 is 5.91 Å². The minimum atomic E-state index is -0.414. The van der Waals surface area contributed by atoms with Crippen molar-refractivity contribution in [3.8, 4) is 11.5 Å². The predicted octanol–water partition coefficient (Wildman–Crippen LogP) is 5.93. The number of hydrogen-bond donors (Lipinski definition) is 1. The number of carbonyl (C=O) groups excluding carboxylic acids is 1. The fourth-order valence-corrected chi connectivity index (χ4v) is 3.40. The molecule has 1 aromatic heterocycles. The van der Waals surface area contributed by atoms with Crippen molar-refractivity contribution in [3.05, 3.63) is 72.0 Å². The Morgan fingerprint density at radius 2 is 1.91 bits per heavy atom. The molecule has 0 bridgehead atoms. The van der Waals surface area contributed by atoms with Crippen molar-refractivity contribution in [3.63, 3.8) is 0 Å². The lowest BCUT2D eigenvalue weighted by Crippen LogP contribution is -2.16. The van der Waals surface area contributed by atoms with Crippen molar-refractivity contribution in [2.45, 2.75) is 33.3 Å². The maximum Gasteiger partial charge on any atom is 0.307 e. The van der Waals surface area contributed by atoms with Gasteiger partial charge in [-0.25, -0.2) is 5.43 Å². The van der Waals surface area contributed by atoms with Crippen LogP contribution in [0.15, 0.2) is 70.2 Å². The lowest BCUT2D eigenvalue weighted by molar-refractivity contribution is 0.0929. The third kappa shape index (κ3) is 4.59. The first-order valence-electron chi connectivity index (χ1n) is 10.8. The standard InChI is InChI=1S/C26H26N2O4/c1-4-17(3)31-23-12-10-18(14-24(23)30-5-2)16-27-28-26(29)25-15-21-20-9-7-6-8-19(20)11-13-22(21)32-25/h6-17H,4-5H2,1-3H3,(H,28,29)/b27-16+. The average Bonchev–Trinajstić information content (AvgIpc) is 3.26. The Labute approximate surface area is 186 Å². The number of ether oxygens (including phenoxy) is 2. The number of amides is 1. The van der Waals surface area contributed by atoms with Gasteiger partial charge in [-0.15, -0.1) is 0 Å². The van der Waals surface area contributed by atoms with Gasteiger partial charge in [-0.2, -0.15) is 5.10 Å². The SMILES string of the molecule is CCOc1cc(/C=N/NC(=O)c2cc3c(ccc4ccccc43)o2)ccc1OC(C)CC. The number of nitrogens with zero attached hydrogens (tertiary/aromatic N) is 1. The number of nitrogens with one attached hydrogen (secondary N) is 1. The van der Waals surface area contributed by atoms with Gasteiger partial charge in [-0.05, 0) is 66.9 Å². The number of benzene rings is 3. The van der Waals surface area contributed by atoms with E-state index in [1.165, 1.54) is 0 Å². The summed E-state index contributed by atoms with van der Waals surface area (Å²) >= 11 is 0. The first-order chi connectivity index (χ1) is 15.6. The number of hydrazone groups is 1. The normalized spacial score (nSPS) is 12.3. The molecule has 1 amide bonds. The molecule has 4 aromatic rings. The minimum Gasteiger partial charge on any atom is -0.490 e. The van der Waals surface area contributed by atoms with Gasteiger partial charge in [0.15, 0.2) is 17.3 Å². The van der Waals surface area contributed by atoms with Crippen molar-refractivity contribution in [2.75, 3.05) is 6.61 Å². The lowest BCUT2D eigenvalue weighted by Gasteiger charge is -2.16. The van der Waals surface area contributed by atoms with Gasteiger partial charge in [0.05, 0.1) is 18.9 Å². The van der Waals surface area contributed by atoms with Crippen molar-refractivity contribution < 1.29 is 18.7 Å². The highest BCUT2D eigenvalue weighted by molar-refractivity contribution is 6.08. The Bertz CT molecular complexity index is 1280. The molecule has 1 unspecified atom stereocenters. The first kappa shape index (κ1) is 21.4. The maximum atomic E-state index is 12.6.